The van der Waals surface area contributed by atoms with E-state index in [0.29, 0.717) is 31.1 Å². The number of para-hydroxylation sites is 2. The molecule has 12 nitrogen and oxygen atoms in total. The third kappa shape index (κ3) is 21.9. The Morgan fingerprint density at radius 1 is 0.641 bits per heavy atom. The highest BCUT2D eigenvalue weighted by Crippen LogP contribution is 2.09. The molecule has 0 aliphatic heterocycles. The second-order valence-corrected chi connectivity index (χ2v) is 7.15. The van der Waals surface area contributed by atoms with Crippen molar-refractivity contribution in [3.8, 4) is 11.5 Å². The lowest BCUT2D eigenvalue weighted by Crippen LogP contribution is -2.20. The maximum Gasteiger partial charge on any atom is 0.337 e. The number of rotatable bonds is 14. The van der Waals surface area contributed by atoms with Crippen molar-refractivity contribution in [2.75, 3.05) is 60.3 Å². The summed E-state index contributed by atoms with van der Waals surface area (Å²) < 4.78 is 25.7. The zero-order valence-electron chi connectivity index (χ0n) is 22.6. The number of benzene rings is 2. The normalized spacial score (nSPS) is 9.54. The van der Waals surface area contributed by atoms with Gasteiger partial charge < -0.3 is 39.4 Å². The molecule has 3 N–H and O–H groups in total. The molecule has 39 heavy (non-hydrogen) atoms. The first-order valence-electron chi connectivity index (χ1n) is 12.1. The number of aliphatic hydroxyl groups excluding tert-OH is 1. The van der Waals surface area contributed by atoms with Crippen molar-refractivity contribution in [3.05, 3.63) is 60.7 Å². The van der Waals surface area contributed by atoms with E-state index in [1.54, 1.807) is 55.6 Å². The molecule has 0 atom stereocenters. The standard InChI is InChI=1S/C20H22O7.C4H9NO.C3H7NO2/c21-19(26-17-7-3-1-4-8-17)15-24-13-11-23-12-14-25-16-20(22)27-18-9-5-2-6-10-18;1-3-4(6)5-2;1-4-3(6)2-5/h1-10H,11-16H2;3H2,1-2H3,(H,5,6);5H,2H2,1H3,(H,4,6). The maximum absolute atomic E-state index is 11.5. The molecule has 2 rings (SSSR count). The highest BCUT2D eigenvalue weighted by Gasteiger charge is 2.05. The van der Waals surface area contributed by atoms with Gasteiger partial charge in [-0.1, -0.05) is 43.3 Å². The predicted molar refractivity (Wildman–Crippen MR) is 142 cm³/mol. The first-order valence-corrected chi connectivity index (χ1v) is 12.1. The van der Waals surface area contributed by atoms with Crippen LogP contribution in [0.4, 0.5) is 0 Å². The largest absolute Gasteiger partial charge is 0.425 e. The van der Waals surface area contributed by atoms with E-state index < -0.39 is 18.5 Å². The van der Waals surface area contributed by atoms with Gasteiger partial charge in [0.1, 0.15) is 31.3 Å². The average Bonchev–Trinajstić information content (AvgIpc) is 2.97. The molecule has 0 spiro atoms. The fourth-order valence-electron chi connectivity index (χ4n) is 2.20. The Kier molecular flexibility index (Phi) is 22.1. The molecule has 2 aromatic rings. The van der Waals surface area contributed by atoms with Crippen molar-refractivity contribution in [2.24, 2.45) is 0 Å². The lowest BCUT2D eigenvalue weighted by Gasteiger charge is -2.07. The number of hydrogen-bond acceptors (Lipinski definition) is 10. The summed E-state index contributed by atoms with van der Waals surface area (Å²) in [5.74, 6) is -0.247. The molecule has 0 unspecified atom stereocenters. The van der Waals surface area contributed by atoms with Crippen molar-refractivity contribution in [1.29, 1.82) is 0 Å². The van der Waals surface area contributed by atoms with Gasteiger partial charge in [0.2, 0.25) is 11.8 Å². The Morgan fingerprint density at radius 2 is 1.03 bits per heavy atom. The van der Waals surface area contributed by atoms with E-state index in [1.807, 2.05) is 19.1 Å². The number of likely N-dealkylation sites (N-methyl/N-ethyl adjacent to an activating group) is 1. The van der Waals surface area contributed by atoms with Gasteiger partial charge in [-0.05, 0) is 24.3 Å². The summed E-state index contributed by atoms with van der Waals surface area (Å²) in [6.07, 6.45) is 0.580. The first-order chi connectivity index (χ1) is 18.9. The van der Waals surface area contributed by atoms with Crippen LogP contribution in [-0.4, -0.2) is 89.2 Å². The Bertz CT molecular complexity index is 839. The number of carbonyl (C=O) groups excluding carboxylic acids is 4. The van der Waals surface area contributed by atoms with E-state index in [2.05, 4.69) is 10.6 Å². The van der Waals surface area contributed by atoms with Crippen LogP contribution in [0.15, 0.2) is 60.7 Å². The smallest absolute Gasteiger partial charge is 0.337 e. The van der Waals surface area contributed by atoms with Gasteiger partial charge in [-0.3, -0.25) is 9.59 Å². The van der Waals surface area contributed by atoms with Gasteiger partial charge in [0, 0.05) is 20.5 Å². The quantitative estimate of drug-likeness (QED) is 0.177. The minimum Gasteiger partial charge on any atom is -0.425 e. The summed E-state index contributed by atoms with van der Waals surface area (Å²) in [7, 11) is 3.10. The molecule has 2 aromatic carbocycles. The van der Waals surface area contributed by atoms with Crippen molar-refractivity contribution < 1.29 is 48.0 Å². The van der Waals surface area contributed by atoms with E-state index in [9.17, 15) is 19.2 Å². The minimum absolute atomic E-state index is 0.0926. The van der Waals surface area contributed by atoms with Crippen LogP contribution in [0, 0.1) is 0 Å². The van der Waals surface area contributed by atoms with Crippen LogP contribution in [-0.2, 0) is 33.4 Å². The molecule has 0 bridgehead atoms. The molecule has 0 aliphatic rings. The van der Waals surface area contributed by atoms with Gasteiger partial charge in [-0.2, -0.15) is 0 Å². The SMILES string of the molecule is CCC(=O)NC.CNC(=O)CO.O=C(COCCOCCOCC(=O)Oc1ccccc1)Oc1ccccc1. The second-order valence-electron chi connectivity index (χ2n) is 7.15. The molecule has 0 aromatic heterocycles. The van der Waals surface area contributed by atoms with E-state index in [4.69, 9.17) is 28.8 Å². The van der Waals surface area contributed by atoms with E-state index in [-0.39, 0.29) is 38.2 Å². The Balaban J connectivity index is 0.00000100. The van der Waals surface area contributed by atoms with Crippen molar-refractivity contribution in [3.63, 3.8) is 0 Å². The van der Waals surface area contributed by atoms with E-state index >= 15 is 0 Å². The fourth-order valence-corrected chi connectivity index (χ4v) is 2.20. The number of esters is 2. The second kappa shape index (κ2) is 24.5. The predicted octanol–water partition coefficient (Wildman–Crippen LogP) is 1.11. The summed E-state index contributed by atoms with van der Waals surface area (Å²) >= 11 is 0. The van der Waals surface area contributed by atoms with Crippen LogP contribution in [0.1, 0.15) is 13.3 Å². The molecule has 216 valence electrons. The summed E-state index contributed by atoms with van der Waals surface area (Å²) in [6.45, 7) is 2.20. The number of aliphatic hydroxyl groups is 1. The van der Waals surface area contributed by atoms with Crippen molar-refractivity contribution >= 4 is 23.8 Å². The van der Waals surface area contributed by atoms with Crippen LogP contribution in [0.25, 0.3) is 0 Å². The zero-order valence-corrected chi connectivity index (χ0v) is 22.6. The van der Waals surface area contributed by atoms with Crippen LogP contribution in [0.3, 0.4) is 0 Å². The van der Waals surface area contributed by atoms with Gasteiger partial charge in [0.25, 0.3) is 0 Å². The Morgan fingerprint density at radius 3 is 1.31 bits per heavy atom. The molecule has 0 fully saturated rings. The number of hydrogen-bond donors (Lipinski definition) is 3. The third-order valence-corrected chi connectivity index (χ3v) is 4.16. The molecule has 0 saturated heterocycles. The highest BCUT2D eigenvalue weighted by atomic mass is 16.6. The number of nitrogens with one attached hydrogen (secondary N) is 2. The van der Waals surface area contributed by atoms with Crippen molar-refractivity contribution in [2.45, 2.75) is 13.3 Å². The van der Waals surface area contributed by atoms with Gasteiger partial charge in [0.15, 0.2) is 0 Å². The number of amides is 2. The molecular formula is C27H38N2O10. The van der Waals surface area contributed by atoms with Gasteiger partial charge >= 0.3 is 11.9 Å². The topological polar surface area (TPSA) is 159 Å². The Hall–Kier alpha value is -3.84. The first kappa shape index (κ1) is 35.2. The maximum atomic E-state index is 11.5. The molecule has 0 radical (unpaired) electrons. The minimum atomic E-state index is -0.471. The van der Waals surface area contributed by atoms with Crippen LogP contribution >= 0.6 is 0 Å². The van der Waals surface area contributed by atoms with Crippen LogP contribution in [0.2, 0.25) is 0 Å². The lowest BCUT2D eigenvalue weighted by molar-refractivity contribution is -0.140. The van der Waals surface area contributed by atoms with Crippen LogP contribution in [0.5, 0.6) is 11.5 Å². The molecule has 0 heterocycles. The van der Waals surface area contributed by atoms with Crippen LogP contribution < -0.4 is 20.1 Å². The van der Waals surface area contributed by atoms with Gasteiger partial charge in [0.05, 0.1) is 26.4 Å². The number of carbonyl (C=O) groups is 4. The van der Waals surface area contributed by atoms with Crippen molar-refractivity contribution in [1.82, 2.24) is 10.6 Å². The molecule has 0 aliphatic carbocycles. The summed E-state index contributed by atoms with van der Waals surface area (Å²) in [6, 6.07) is 17.5. The Labute approximate surface area is 228 Å². The molecular weight excluding hydrogens is 512 g/mol. The van der Waals surface area contributed by atoms with Gasteiger partial charge in [-0.15, -0.1) is 0 Å². The highest BCUT2D eigenvalue weighted by molar-refractivity contribution is 5.76. The van der Waals surface area contributed by atoms with E-state index in [1.165, 1.54) is 7.05 Å². The third-order valence-electron chi connectivity index (χ3n) is 4.16. The summed E-state index contributed by atoms with van der Waals surface area (Å²) in [5, 5.41) is 12.6. The fraction of sp³-hybridized carbons (Fsp3) is 0.407. The molecule has 12 heteroatoms. The van der Waals surface area contributed by atoms with E-state index in [0.717, 1.165) is 0 Å². The lowest BCUT2D eigenvalue weighted by atomic mass is 10.3. The number of ether oxygens (including phenoxy) is 5. The summed E-state index contributed by atoms with van der Waals surface area (Å²) in [5.41, 5.74) is 0. The molecule has 2 amide bonds. The average molecular weight is 551 g/mol. The molecule has 0 saturated carbocycles. The summed E-state index contributed by atoms with van der Waals surface area (Å²) in [4.78, 5) is 42.9. The monoisotopic (exact) mass is 550 g/mol. The zero-order chi connectivity index (χ0) is 29.1. The van der Waals surface area contributed by atoms with Gasteiger partial charge in [-0.25, -0.2) is 9.59 Å².